The van der Waals surface area contributed by atoms with Gasteiger partial charge in [0.15, 0.2) is 0 Å². The van der Waals surface area contributed by atoms with E-state index in [1.54, 1.807) is 7.11 Å². The van der Waals surface area contributed by atoms with Crippen LogP contribution in [0.3, 0.4) is 0 Å². The predicted molar refractivity (Wildman–Crippen MR) is 72.1 cm³/mol. The van der Waals surface area contributed by atoms with Crippen molar-refractivity contribution in [2.24, 2.45) is 11.8 Å². The Hall–Kier alpha value is -0.590. The van der Waals surface area contributed by atoms with E-state index in [0.717, 1.165) is 31.8 Å². The summed E-state index contributed by atoms with van der Waals surface area (Å²) in [7, 11) is 1.80. The molecule has 3 nitrogen and oxygen atoms in total. The number of hydrogen-bond donors (Lipinski definition) is 0. The Morgan fingerprint density at radius 1 is 1.33 bits per heavy atom. The minimum absolute atomic E-state index is 0.244. The van der Waals surface area contributed by atoms with Crippen molar-refractivity contribution in [3.8, 4) is 6.07 Å². The lowest BCUT2D eigenvalue weighted by Crippen LogP contribution is -2.43. The monoisotopic (exact) mass is 250 g/mol. The Morgan fingerprint density at radius 2 is 2.17 bits per heavy atom. The van der Waals surface area contributed by atoms with Crippen molar-refractivity contribution in [3.05, 3.63) is 0 Å². The van der Waals surface area contributed by atoms with Crippen molar-refractivity contribution < 1.29 is 4.74 Å². The van der Waals surface area contributed by atoms with Crippen molar-refractivity contribution in [3.63, 3.8) is 0 Å². The first-order chi connectivity index (χ1) is 8.78. The molecule has 0 N–H and O–H groups in total. The van der Waals surface area contributed by atoms with Crippen LogP contribution in [0.1, 0.15) is 45.4 Å². The van der Waals surface area contributed by atoms with Crippen LogP contribution in [0.5, 0.6) is 0 Å². The molecule has 1 aliphatic heterocycles. The van der Waals surface area contributed by atoms with Gasteiger partial charge in [-0.3, -0.25) is 4.90 Å². The van der Waals surface area contributed by atoms with Gasteiger partial charge in [0.1, 0.15) is 0 Å². The molecule has 0 aromatic carbocycles. The highest BCUT2D eigenvalue weighted by Gasteiger charge is 2.37. The van der Waals surface area contributed by atoms with E-state index >= 15 is 0 Å². The zero-order valence-corrected chi connectivity index (χ0v) is 11.8. The van der Waals surface area contributed by atoms with Gasteiger partial charge in [0.05, 0.1) is 18.1 Å². The maximum absolute atomic E-state index is 9.35. The molecule has 0 spiro atoms. The third-order valence-corrected chi connectivity index (χ3v) is 4.77. The number of hydrogen-bond acceptors (Lipinski definition) is 3. The summed E-state index contributed by atoms with van der Waals surface area (Å²) in [5.74, 6) is 1.08. The van der Waals surface area contributed by atoms with Gasteiger partial charge in [0, 0.05) is 26.2 Å². The van der Waals surface area contributed by atoms with Gasteiger partial charge in [-0.2, -0.15) is 5.26 Å². The molecule has 0 bridgehead atoms. The molecule has 1 saturated carbocycles. The van der Waals surface area contributed by atoms with Crippen molar-refractivity contribution >= 4 is 0 Å². The van der Waals surface area contributed by atoms with E-state index < -0.39 is 0 Å². The Kier molecular flexibility index (Phi) is 5.03. The number of nitrogens with zero attached hydrogens (tertiary/aromatic N) is 2. The van der Waals surface area contributed by atoms with Crippen molar-refractivity contribution in [2.75, 3.05) is 20.2 Å². The molecule has 1 saturated heterocycles. The summed E-state index contributed by atoms with van der Waals surface area (Å²) in [6, 6.07) is 3.03. The molecule has 3 heteroatoms. The van der Waals surface area contributed by atoms with Gasteiger partial charge >= 0.3 is 0 Å². The molecule has 1 aliphatic carbocycles. The second-order valence-corrected chi connectivity index (χ2v) is 5.91. The standard InChI is InChI=1S/C15H26N2O/c1-3-4-12-5-6-13(10-16)15(9-12)17-8-7-14(11-17)18-2/h12-15H,3-9,11H2,1-2H3. The quantitative estimate of drug-likeness (QED) is 0.770. The van der Waals surface area contributed by atoms with Crippen LogP contribution in [0.4, 0.5) is 0 Å². The maximum Gasteiger partial charge on any atom is 0.0710 e. The van der Waals surface area contributed by atoms with Crippen molar-refractivity contribution in [2.45, 2.75) is 57.6 Å². The number of nitriles is 1. The van der Waals surface area contributed by atoms with Gasteiger partial charge in [-0.05, 0) is 31.6 Å². The zero-order chi connectivity index (χ0) is 13.0. The fourth-order valence-electron chi connectivity index (χ4n) is 3.70. The molecule has 0 aromatic rings. The minimum atomic E-state index is 0.244. The van der Waals surface area contributed by atoms with Crippen LogP contribution in [0.15, 0.2) is 0 Å². The predicted octanol–water partition coefficient (Wildman–Crippen LogP) is 2.82. The second-order valence-electron chi connectivity index (χ2n) is 5.91. The Labute approximate surface area is 111 Å². The van der Waals surface area contributed by atoms with E-state index in [1.165, 1.54) is 25.7 Å². The topological polar surface area (TPSA) is 36.3 Å². The maximum atomic E-state index is 9.35. The van der Waals surface area contributed by atoms with E-state index in [0.29, 0.717) is 12.1 Å². The van der Waals surface area contributed by atoms with E-state index in [-0.39, 0.29) is 5.92 Å². The second kappa shape index (κ2) is 6.54. The third kappa shape index (κ3) is 3.05. The van der Waals surface area contributed by atoms with Crippen LogP contribution >= 0.6 is 0 Å². The lowest BCUT2D eigenvalue weighted by Gasteiger charge is -2.38. The summed E-state index contributed by atoms with van der Waals surface area (Å²) in [6.45, 7) is 4.40. The van der Waals surface area contributed by atoms with Crippen LogP contribution in [-0.4, -0.2) is 37.2 Å². The first-order valence-corrected chi connectivity index (χ1v) is 7.45. The molecule has 2 aliphatic rings. The highest BCUT2D eigenvalue weighted by molar-refractivity contribution is 4.99. The lowest BCUT2D eigenvalue weighted by atomic mass is 9.76. The minimum Gasteiger partial charge on any atom is -0.380 e. The van der Waals surface area contributed by atoms with Crippen molar-refractivity contribution in [1.29, 1.82) is 5.26 Å². The average molecular weight is 250 g/mol. The van der Waals surface area contributed by atoms with Crippen LogP contribution in [0.25, 0.3) is 0 Å². The summed E-state index contributed by atoms with van der Waals surface area (Å²) in [4.78, 5) is 2.52. The van der Waals surface area contributed by atoms with Gasteiger partial charge in [-0.1, -0.05) is 19.8 Å². The summed E-state index contributed by atoms with van der Waals surface area (Å²) in [5.41, 5.74) is 0. The summed E-state index contributed by atoms with van der Waals surface area (Å²) >= 11 is 0. The SMILES string of the molecule is CCCC1CCC(C#N)C(N2CCC(OC)C2)C1. The van der Waals surface area contributed by atoms with E-state index in [4.69, 9.17) is 4.74 Å². The van der Waals surface area contributed by atoms with Crippen LogP contribution in [0, 0.1) is 23.2 Å². The number of rotatable bonds is 4. The van der Waals surface area contributed by atoms with Gasteiger partial charge in [0.2, 0.25) is 0 Å². The number of likely N-dealkylation sites (tertiary alicyclic amines) is 1. The number of methoxy groups -OCH3 is 1. The van der Waals surface area contributed by atoms with Crippen LogP contribution < -0.4 is 0 Å². The largest absolute Gasteiger partial charge is 0.380 e. The van der Waals surface area contributed by atoms with Gasteiger partial charge in [0.25, 0.3) is 0 Å². The third-order valence-electron chi connectivity index (χ3n) is 4.77. The van der Waals surface area contributed by atoms with Crippen molar-refractivity contribution in [1.82, 2.24) is 4.90 Å². The highest BCUT2D eigenvalue weighted by atomic mass is 16.5. The first-order valence-electron chi connectivity index (χ1n) is 7.45. The fraction of sp³-hybridized carbons (Fsp3) is 0.933. The molecule has 2 fully saturated rings. The van der Waals surface area contributed by atoms with E-state index in [2.05, 4.69) is 17.9 Å². The van der Waals surface area contributed by atoms with Crippen LogP contribution in [-0.2, 0) is 4.74 Å². The van der Waals surface area contributed by atoms with E-state index in [9.17, 15) is 5.26 Å². The molecule has 4 unspecified atom stereocenters. The molecular formula is C15H26N2O. The number of ether oxygens (including phenoxy) is 1. The van der Waals surface area contributed by atoms with Gasteiger partial charge in [-0.25, -0.2) is 0 Å². The first kappa shape index (κ1) is 13.8. The molecule has 18 heavy (non-hydrogen) atoms. The Bertz CT molecular complexity index is 299. The fourth-order valence-corrected chi connectivity index (χ4v) is 3.70. The zero-order valence-electron chi connectivity index (χ0n) is 11.8. The molecule has 0 radical (unpaired) electrons. The normalized spacial score (nSPS) is 37.6. The Morgan fingerprint density at radius 3 is 2.78 bits per heavy atom. The molecule has 0 aromatic heterocycles. The summed E-state index contributed by atoms with van der Waals surface area (Å²) in [6.07, 6.45) is 7.69. The molecular weight excluding hydrogens is 224 g/mol. The smallest absolute Gasteiger partial charge is 0.0710 e. The van der Waals surface area contributed by atoms with Gasteiger partial charge in [-0.15, -0.1) is 0 Å². The molecule has 2 rings (SSSR count). The summed E-state index contributed by atoms with van der Waals surface area (Å²) < 4.78 is 5.45. The molecule has 4 atom stereocenters. The Balaban J connectivity index is 1.96. The lowest BCUT2D eigenvalue weighted by molar-refractivity contribution is 0.0778. The van der Waals surface area contributed by atoms with Gasteiger partial charge < -0.3 is 4.74 Å². The average Bonchev–Trinajstić information content (AvgIpc) is 2.87. The highest BCUT2D eigenvalue weighted by Crippen LogP contribution is 2.36. The van der Waals surface area contributed by atoms with Crippen LogP contribution in [0.2, 0.25) is 0 Å². The van der Waals surface area contributed by atoms with E-state index in [1.807, 2.05) is 0 Å². The summed E-state index contributed by atoms with van der Waals surface area (Å²) in [5, 5.41) is 9.35. The molecule has 0 amide bonds. The molecule has 102 valence electrons. The molecule has 1 heterocycles.